The second-order valence-electron chi connectivity index (χ2n) is 5.95. The van der Waals surface area contributed by atoms with Crippen LogP contribution in [-0.4, -0.2) is 37.4 Å². The Bertz CT molecular complexity index is 983. The highest BCUT2D eigenvalue weighted by atomic mass is 32.2. The third-order valence-electron chi connectivity index (χ3n) is 4.25. The highest BCUT2D eigenvalue weighted by molar-refractivity contribution is 8.18. The second kappa shape index (κ2) is 8.52. The summed E-state index contributed by atoms with van der Waals surface area (Å²) < 4.78 is 42.9. The van der Waals surface area contributed by atoms with Crippen LogP contribution in [-0.2, 0) is 11.3 Å². The number of hydrogen-bond donors (Lipinski definition) is 0. The normalized spacial score (nSPS) is 15.2. The van der Waals surface area contributed by atoms with Crippen molar-refractivity contribution in [2.24, 2.45) is 0 Å². The molecule has 1 aliphatic heterocycles. The van der Waals surface area contributed by atoms with Gasteiger partial charge >= 0.3 is 0 Å². The van der Waals surface area contributed by atoms with Gasteiger partial charge < -0.3 is 14.2 Å². The molecule has 0 spiro atoms. The summed E-state index contributed by atoms with van der Waals surface area (Å²) >= 11 is 0.713. The Hall–Kier alpha value is -3.07. The van der Waals surface area contributed by atoms with Gasteiger partial charge in [0.25, 0.3) is 11.1 Å². The van der Waals surface area contributed by atoms with Crippen LogP contribution in [0.1, 0.15) is 11.1 Å². The lowest BCUT2D eigenvalue weighted by molar-refractivity contribution is -0.123. The zero-order chi connectivity index (χ0) is 21.1. The molecule has 2 aromatic rings. The molecule has 6 nitrogen and oxygen atoms in total. The van der Waals surface area contributed by atoms with E-state index < -0.39 is 22.8 Å². The Kier molecular flexibility index (Phi) is 6.07. The molecule has 1 fully saturated rings. The van der Waals surface area contributed by atoms with Crippen molar-refractivity contribution in [2.45, 2.75) is 6.54 Å². The van der Waals surface area contributed by atoms with Crippen molar-refractivity contribution in [2.75, 3.05) is 21.3 Å². The van der Waals surface area contributed by atoms with Gasteiger partial charge in [0.2, 0.25) is 0 Å². The molecule has 152 valence electrons. The predicted molar refractivity (Wildman–Crippen MR) is 104 cm³/mol. The molecule has 1 aliphatic rings. The number of methoxy groups -OCH3 is 3. The predicted octanol–water partition coefficient (Wildman–Crippen LogP) is 4.23. The van der Waals surface area contributed by atoms with E-state index in [0.29, 0.717) is 40.6 Å². The number of nitrogens with zero attached hydrogens (tertiary/aromatic N) is 1. The largest absolute Gasteiger partial charge is 0.496 e. The zero-order valence-electron chi connectivity index (χ0n) is 15.8. The number of amides is 2. The van der Waals surface area contributed by atoms with E-state index in [2.05, 4.69) is 0 Å². The minimum absolute atomic E-state index is 0.0366. The van der Waals surface area contributed by atoms with Gasteiger partial charge in [0.15, 0.2) is 0 Å². The van der Waals surface area contributed by atoms with Crippen molar-refractivity contribution < 1.29 is 32.6 Å². The molecular formula is C20H17F2NO5S. The van der Waals surface area contributed by atoms with Crippen LogP contribution in [0.3, 0.4) is 0 Å². The van der Waals surface area contributed by atoms with Crippen LogP contribution in [0.2, 0.25) is 0 Å². The van der Waals surface area contributed by atoms with Gasteiger partial charge in [-0.2, -0.15) is 0 Å². The summed E-state index contributed by atoms with van der Waals surface area (Å²) in [5.41, 5.74) is 0.490. The SMILES string of the molecule is COc1cc(OC)c(C=C2SC(=O)N(Cc3ccc(F)cc3F)C2=O)c(OC)c1. The van der Waals surface area contributed by atoms with Crippen molar-refractivity contribution in [3.8, 4) is 17.2 Å². The van der Waals surface area contributed by atoms with Crippen molar-refractivity contribution in [3.63, 3.8) is 0 Å². The van der Waals surface area contributed by atoms with E-state index in [1.54, 1.807) is 12.1 Å². The lowest BCUT2D eigenvalue weighted by Gasteiger charge is -2.14. The van der Waals surface area contributed by atoms with Gasteiger partial charge in [0.05, 0.1) is 38.3 Å². The average Bonchev–Trinajstić information content (AvgIpc) is 2.97. The van der Waals surface area contributed by atoms with Gasteiger partial charge in [-0.1, -0.05) is 6.07 Å². The van der Waals surface area contributed by atoms with Gasteiger partial charge in [0, 0.05) is 23.8 Å². The minimum Gasteiger partial charge on any atom is -0.496 e. The van der Waals surface area contributed by atoms with E-state index in [4.69, 9.17) is 14.2 Å². The molecule has 0 radical (unpaired) electrons. The summed E-state index contributed by atoms with van der Waals surface area (Å²) in [6.07, 6.45) is 1.48. The fourth-order valence-corrected chi connectivity index (χ4v) is 3.58. The molecule has 29 heavy (non-hydrogen) atoms. The number of carbonyl (C=O) groups excluding carboxylic acids is 2. The lowest BCUT2D eigenvalue weighted by atomic mass is 10.1. The topological polar surface area (TPSA) is 65.1 Å². The molecule has 0 N–H and O–H groups in total. The maximum Gasteiger partial charge on any atom is 0.293 e. The molecule has 0 atom stereocenters. The van der Waals surface area contributed by atoms with Gasteiger partial charge in [-0.25, -0.2) is 8.78 Å². The van der Waals surface area contributed by atoms with E-state index in [1.165, 1.54) is 33.5 Å². The van der Waals surface area contributed by atoms with Crippen LogP contribution in [0.25, 0.3) is 6.08 Å². The van der Waals surface area contributed by atoms with Crippen LogP contribution in [0.4, 0.5) is 13.6 Å². The molecule has 0 bridgehead atoms. The molecule has 0 saturated carbocycles. The summed E-state index contributed by atoms with van der Waals surface area (Å²) in [6.45, 7) is -0.301. The van der Waals surface area contributed by atoms with Crippen molar-refractivity contribution >= 4 is 29.0 Å². The molecule has 0 aromatic heterocycles. The third kappa shape index (κ3) is 4.19. The molecule has 1 saturated heterocycles. The van der Waals surface area contributed by atoms with Gasteiger partial charge in [-0.15, -0.1) is 0 Å². The number of benzene rings is 2. The Morgan fingerprint density at radius 1 is 1.00 bits per heavy atom. The van der Waals surface area contributed by atoms with Crippen molar-refractivity contribution in [1.29, 1.82) is 0 Å². The molecule has 2 aromatic carbocycles. The first-order valence-electron chi connectivity index (χ1n) is 8.37. The Morgan fingerprint density at radius 2 is 1.66 bits per heavy atom. The highest BCUT2D eigenvalue weighted by Gasteiger charge is 2.36. The van der Waals surface area contributed by atoms with Crippen LogP contribution in [0.15, 0.2) is 35.2 Å². The highest BCUT2D eigenvalue weighted by Crippen LogP contribution is 2.40. The standard InChI is InChI=1S/C20H17F2NO5S/c1-26-13-7-16(27-2)14(17(8-13)28-3)9-18-19(24)23(20(25)29-18)10-11-4-5-12(21)6-15(11)22/h4-9H,10H2,1-3H3. The summed E-state index contributed by atoms with van der Waals surface area (Å²) in [5, 5.41) is -0.559. The molecule has 3 rings (SSSR count). The monoisotopic (exact) mass is 421 g/mol. The molecule has 0 unspecified atom stereocenters. The maximum atomic E-state index is 13.9. The van der Waals surface area contributed by atoms with Gasteiger partial charge in [0.1, 0.15) is 28.9 Å². The van der Waals surface area contributed by atoms with E-state index >= 15 is 0 Å². The Labute approximate surface area is 170 Å². The van der Waals surface area contributed by atoms with Crippen molar-refractivity contribution in [3.05, 3.63) is 58.0 Å². The molecular weight excluding hydrogens is 404 g/mol. The molecule has 2 amide bonds. The summed E-state index contributed by atoms with van der Waals surface area (Å²) in [5.74, 6) is -0.889. The fourth-order valence-electron chi connectivity index (χ4n) is 2.76. The summed E-state index contributed by atoms with van der Waals surface area (Å²) in [7, 11) is 4.40. The minimum atomic E-state index is -0.827. The van der Waals surface area contributed by atoms with Crippen LogP contribution >= 0.6 is 11.8 Å². The number of imide groups is 1. The van der Waals surface area contributed by atoms with Crippen molar-refractivity contribution in [1.82, 2.24) is 4.90 Å². The number of ether oxygens (including phenoxy) is 3. The third-order valence-corrected chi connectivity index (χ3v) is 5.15. The van der Waals surface area contributed by atoms with E-state index in [-0.39, 0.29) is 17.0 Å². The summed E-state index contributed by atoms with van der Waals surface area (Å²) in [6, 6.07) is 6.21. The van der Waals surface area contributed by atoms with Gasteiger partial charge in [-0.05, 0) is 23.9 Å². The first-order valence-corrected chi connectivity index (χ1v) is 9.19. The molecule has 0 aliphatic carbocycles. The Balaban J connectivity index is 1.94. The first kappa shape index (κ1) is 20.7. The second-order valence-corrected chi connectivity index (χ2v) is 6.94. The number of carbonyl (C=O) groups is 2. The average molecular weight is 421 g/mol. The number of rotatable bonds is 6. The van der Waals surface area contributed by atoms with Crippen LogP contribution < -0.4 is 14.2 Å². The lowest BCUT2D eigenvalue weighted by Crippen LogP contribution is -2.28. The number of thioether (sulfide) groups is 1. The maximum absolute atomic E-state index is 13.9. The van der Waals surface area contributed by atoms with E-state index in [0.717, 1.165) is 11.0 Å². The van der Waals surface area contributed by atoms with E-state index in [1.807, 2.05) is 0 Å². The fraction of sp³-hybridized carbons (Fsp3) is 0.200. The Morgan fingerprint density at radius 3 is 2.21 bits per heavy atom. The van der Waals surface area contributed by atoms with E-state index in [9.17, 15) is 18.4 Å². The first-order chi connectivity index (χ1) is 13.9. The number of hydrogen-bond acceptors (Lipinski definition) is 6. The van der Waals surface area contributed by atoms with Crippen LogP contribution in [0, 0.1) is 11.6 Å². The smallest absolute Gasteiger partial charge is 0.293 e. The van der Waals surface area contributed by atoms with Crippen LogP contribution in [0.5, 0.6) is 17.2 Å². The number of halogens is 2. The molecule has 1 heterocycles. The van der Waals surface area contributed by atoms with Gasteiger partial charge in [-0.3, -0.25) is 14.5 Å². The molecule has 9 heteroatoms. The zero-order valence-corrected chi connectivity index (χ0v) is 16.6. The summed E-state index contributed by atoms with van der Waals surface area (Å²) in [4.78, 5) is 26.1. The quantitative estimate of drug-likeness (QED) is 0.651.